The lowest BCUT2D eigenvalue weighted by molar-refractivity contribution is 0.0953. The summed E-state index contributed by atoms with van der Waals surface area (Å²) in [4.78, 5) is 11.9. The second-order valence-electron chi connectivity index (χ2n) is 4.11. The summed E-state index contributed by atoms with van der Waals surface area (Å²) >= 11 is 0. The molecule has 2 aromatic rings. The molecule has 2 rings (SSSR count). The Morgan fingerprint density at radius 1 is 1.26 bits per heavy atom. The standard InChI is InChI=1S/C15H16N2O2/c1-3-14(12-7-5-4-6-8-12)16-17-15(18)13-9-10-19-11(13)2/h4-10H,3H2,1-2H3,(H,17,18)/b16-14+. The van der Waals surface area contributed by atoms with Crippen LogP contribution in [0.15, 0.2) is 52.2 Å². The van der Waals surface area contributed by atoms with E-state index in [1.54, 1.807) is 13.0 Å². The number of hydrogen-bond acceptors (Lipinski definition) is 3. The summed E-state index contributed by atoms with van der Waals surface area (Å²) in [6.45, 7) is 3.75. The first kappa shape index (κ1) is 13.1. The van der Waals surface area contributed by atoms with Gasteiger partial charge in [0, 0.05) is 0 Å². The van der Waals surface area contributed by atoms with E-state index in [4.69, 9.17) is 4.42 Å². The highest BCUT2D eigenvalue weighted by Crippen LogP contribution is 2.09. The maximum atomic E-state index is 11.9. The van der Waals surface area contributed by atoms with Crippen LogP contribution in [0, 0.1) is 6.92 Å². The van der Waals surface area contributed by atoms with Gasteiger partial charge in [-0.2, -0.15) is 5.10 Å². The van der Waals surface area contributed by atoms with Crippen molar-refractivity contribution in [2.75, 3.05) is 0 Å². The number of amides is 1. The molecule has 1 N–H and O–H groups in total. The highest BCUT2D eigenvalue weighted by molar-refractivity contribution is 6.02. The summed E-state index contributed by atoms with van der Waals surface area (Å²) in [6, 6.07) is 11.4. The number of benzene rings is 1. The molecule has 0 saturated carbocycles. The third-order valence-corrected chi connectivity index (χ3v) is 2.84. The fourth-order valence-electron chi connectivity index (χ4n) is 1.78. The highest BCUT2D eigenvalue weighted by atomic mass is 16.3. The normalized spacial score (nSPS) is 11.4. The summed E-state index contributed by atoms with van der Waals surface area (Å²) in [5.41, 5.74) is 4.92. The number of nitrogens with zero attached hydrogens (tertiary/aromatic N) is 1. The van der Waals surface area contributed by atoms with E-state index in [0.29, 0.717) is 11.3 Å². The molecule has 4 heteroatoms. The zero-order valence-corrected chi connectivity index (χ0v) is 11.0. The quantitative estimate of drug-likeness (QED) is 0.675. The Labute approximate surface area is 112 Å². The predicted molar refractivity (Wildman–Crippen MR) is 74.2 cm³/mol. The first-order valence-electron chi connectivity index (χ1n) is 6.18. The number of rotatable bonds is 4. The molecule has 19 heavy (non-hydrogen) atoms. The average Bonchev–Trinajstić information content (AvgIpc) is 2.87. The molecule has 0 aliphatic rings. The molecule has 0 bridgehead atoms. The molecule has 1 aromatic heterocycles. The Hall–Kier alpha value is -2.36. The Bertz CT molecular complexity index is 585. The van der Waals surface area contributed by atoms with Gasteiger partial charge < -0.3 is 4.42 Å². The zero-order valence-electron chi connectivity index (χ0n) is 11.0. The average molecular weight is 256 g/mol. The Morgan fingerprint density at radius 3 is 2.58 bits per heavy atom. The second kappa shape index (κ2) is 6.00. The van der Waals surface area contributed by atoms with E-state index in [9.17, 15) is 4.79 Å². The number of nitrogens with one attached hydrogen (secondary N) is 1. The molecule has 0 aliphatic heterocycles. The highest BCUT2D eigenvalue weighted by Gasteiger charge is 2.10. The van der Waals surface area contributed by atoms with Gasteiger partial charge >= 0.3 is 0 Å². The minimum absolute atomic E-state index is 0.256. The van der Waals surface area contributed by atoms with E-state index >= 15 is 0 Å². The predicted octanol–water partition coefficient (Wildman–Crippen LogP) is 3.13. The fourth-order valence-corrected chi connectivity index (χ4v) is 1.78. The summed E-state index contributed by atoms with van der Waals surface area (Å²) < 4.78 is 5.09. The van der Waals surface area contributed by atoms with E-state index in [1.165, 1.54) is 6.26 Å². The molecule has 0 fully saturated rings. The van der Waals surface area contributed by atoms with Gasteiger partial charge in [0.2, 0.25) is 0 Å². The molecule has 1 heterocycles. The van der Waals surface area contributed by atoms with Gasteiger partial charge in [0.05, 0.1) is 17.5 Å². The van der Waals surface area contributed by atoms with Crippen molar-refractivity contribution < 1.29 is 9.21 Å². The number of carbonyl (C=O) groups is 1. The van der Waals surface area contributed by atoms with Crippen LogP contribution in [0.5, 0.6) is 0 Å². The molecule has 0 atom stereocenters. The van der Waals surface area contributed by atoms with E-state index in [1.807, 2.05) is 37.3 Å². The molecule has 0 aliphatic carbocycles. The van der Waals surface area contributed by atoms with Crippen LogP contribution >= 0.6 is 0 Å². The minimum Gasteiger partial charge on any atom is -0.469 e. The van der Waals surface area contributed by atoms with Crippen molar-refractivity contribution in [1.29, 1.82) is 0 Å². The maximum absolute atomic E-state index is 11.9. The molecule has 98 valence electrons. The van der Waals surface area contributed by atoms with Gasteiger partial charge in [0.25, 0.3) is 5.91 Å². The number of hydrogen-bond donors (Lipinski definition) is 1. The molecule has 0 saturated heterocycles. The topological polar surface area (TPSA) is 54.6 Å². The van der Waals surface area contributed by atoms with Crippen molar-refractivity contribution in [2.45, 2.75) is 20.3 Å². The van der Waals surface area contributed by atoms with Crippen LogP contribution in [0.1, 0.15) is 35.0 Å². The maximum Gasteiger partial charge on any atom is 0.274 e. The van der Waals surface area contributed by atoms with Crippen molar-refractivity contribution in [3.63, 3.8) is 0 Å². The van der Waals surface area contributed by atoms with Crippen LogP contribution in [0.25, 0.3) is 0 Å². The van der Waals surface area contributed by atoms with Gasteiger partial charge in [-0.1, -0.05) is 37.3 Å². The van der Waals surface area contributed by atoms with Crippen molar-refractivity contribution in [2.24, 2.45) is 5.10 Å². The van der Waals surface area contributed by atoms with Crippen molar-refractivity contribution in [1.82, 2.24) is 5.43 Å². The Morgan fingerprint density at radius 2 is 2.00 bits per heavy atom. The Balaban J connectivity index is 2.13. The van der Waals surface area contributed by atoms with Crippen LogP contribution < -0.4 is 5.43 Å². The van der Waals surface area contributed by atoms with E-state index in [0.717, 1.165) is 17.7 Å². The third kappa shape index (κ3) is 3.10. The smallest absolute Gasteiger partial charge is 0.274 e. The number of furan rings is 1. The summed E-state index contributed by atoms with van der Waals surface area (Å²) in [6.07, 6.45) is 2.24. The van der Waals surface area contributed by atoms with Gasteiger partial charge in [-0.3, -0.25) is 4.79 Å². The SMILES string of the molecule is CC/C(=N\NC(=O)c1ccoc1C)c1ccccc1. The van der Waals surface area contributed by atoms with Crippen molar-refractivity contribution >= 4 is 11.6 Å². The van der Waals surface area contributed by atoms with E-state index < -0.39 is 0 Å². The molecule has 1 amide bonds. The molecule has 0 radical (unpaired) electrons. The van der Waals surface area contributed by atoms with E-state index in [-0.39, 0.29) is 5.91 Å². The largest absolute Gasteiger partial charge is 0.469 e. The fraction of sp³-hybridized carbons (Fsp3) is 0.200. The van der Waals surface area contributed by atoms with Gasteiger partial charge in [0.1, 0.15) is 5.76 Å². The van der Waals surface area contributed by atoms with Crippen LogP contribution in [0.3, 0.4) is 0 Å². The molecule has 0 spiro atoms. The van der Waals surface area contributed by atoms with Gasteiger partial charge in [0.15, 0.2) is 0 Å². The van der Waals surface area contributed by atoms with Gasteiger partial charge in [-0.25, -0.2) is 5.43 Å². The zero-order chi connectivity index (χ0) is 13.7. The Kier molecular flexibility index (Phi) is 4.13. The first-order chi connectivity index (χ1) is 9.22. The third-order valence-electron chi connectivity index (χ3n) is 2.84. The molecular formula is C15H16N2O2. The summed E-state index contributed by atoms with van der Waals surface area (Å²) in [5, 5.41) is 4.18. The lowest BCUT2D eigenvalue weighted by Gasteiger charge is -2.04. The second-order valence-corrected chi connectivity index (χ2v) is 4.11. The number of aryl methyl sites for hydroxylation is 1. The van der Waals surface area contributed by atoms with Crippen LogP contribution in [0.4, 0.5) is 0 Å². The lowest BCUT2D eigenvalue weighted by Crippen LogP contribution is -2.20. The van der Waals surface area contributed by atoms with Gasteiger partial charge in [-0.05, 0) is 25.0 Å². The van der Waals surface area contributed by atoms with Crippen molar-refractivity contribution in [3.05, 3.63) is 59.5 Å². The van der Waals surface area contributed by atoms with Gasteiger partial charge in [-0.15, -0.1) is 0 Å². The van der Waals surface area contributed by atoms with Crippen LogP contribution in [-0.4, -0.2) is 11.6 Å². The molecule has 1 aromatic carbocycles. The summed E-state index contributed by atoms with van der Waals surface area (Å²) in [5.74, 6) is 0.332. The monoisotopic (exact) mass is 256 g/mol. The lowest BCUT2D eigenvalue weighted by atomic mass is 10.1. The first-order valence-corrected chi connectivity index (χ1v) is 6.18. The number of hydrazone groups is 1. The van der Waals surface area contributed by atoms with E-state index in [2.05, 4.69) is 10.5 Å². The molecule has 4 nitrogen and oxygen atoms in total. The van der Waals surface area contributed by atoms with Crippen LogP contribution in [0.2, 0.25) is 0 Å². The number of carbonyl (C=O) groups excluding carboxylic acids is 1. The van der Waals surface area contributed by atoms with Crippen LogP contribution in [-0.2, 0) is 0 Å². The molecule has 0 unspecified atom stereocenters. The van der Waals surface area contributed by atoms with Crippen molar-refractivity contribution in [3.8, 4) is 0 Å². The molecular weight excluding hydrogens is 240 g/mol. The summed E-state index contributed by atoms with van der Waals surface area (Å²) in [7, 11) is 0. The minimum atomic E-state index is -0.256.